The molecular formula is C25H23ClN2O4. The predicted molar refractivity (Wildman–Crippen MR) is 123 cm³/mol. The van der Waals surface area contributed by atoms with Crippen molar-refractivity contribution < 1.29 is 18.9 Å². The Kier molecular flexibility index (Phi) is 5.31. The van der Waals surface area contributed by atoms with Crippen LogP contribution in [0.25, 0.3) is 0 Å². The second kappa shape index (κ2) is 8.28. The highest BCUT2D eigenvalue weighted by molar-refractivity contribution is 6.30. The molecule has 7 heteroatoms. The fourth-order valence-electron chi connectivity index (χ4n) is 4.26. The van der Waals surface area contributed by atoms with E-state index in [0.717, 1.165) is 40.3 Å². The molecule has 0 aromatic heterocycles. The Balaban J connectivity index is 1.61. The first-order valence-corrected chi connectivity index (χ1v) is 10.7. The summed E-state index contributed by atoms with van der Waals surface area (Å²) in [6, 6.07) is 19.4. The van der Waals surface area contributed by atoms with Crippen molar-refractivity contribution in [2.24, 2.45) is 5.10 Å². The van der Waals surface area contributed by atoms with E-state index in [2.05, 4.69) is 0 Å². The Hall–Kier alpha value is -3.38. The van der Waals surface area contributed by atoms with Crippen molar-refractivity contribution in [3.05, 3.63) is 82.4 Å². The van der Waals surface area contributed by atoms with Gasteiger partial charge in [-0.15, -0.1) is 0 Å². The lowest BCUT2D eigenvalue weighted by molar-refractivity contribution is -0.0203. The Morgan fingerprint density at radius 2 is 1.72 bits per heavy atom. The number of hydrazone groups is 1. The monoisotopic (exact) mass is 450 g/mol. The van der Waals surface area contributed by atoms with E-state index in [4.69, 9.17) is 35.6 Å². The lowest BCUT2D eigenvalue weighted by Crippen LogP contribution is -2.34. The summed E-state index contributed by atoms with van der Waals surface area (Å²) in [6.07, 6.45) is 0.261. The van der Waals surface area contributed by atoms with E-state index >= 15 is 0 Å². The van der Waals surface area contributed by atoms with Crippen LogP contribution in [-0.4, -0.2) is 32.0 Å². The van der Waals surface area contributed by atoms with Gasteiger partial charge in [0, 0.05) is 28.6 Å². The summed E-state index contributed by atoms with van der Waals surface area (Å²) < 4.78 is 22.9. The minimum atomic E-state index is -0.461. The summed E-state index contributed by atoms with van der Waals surface area (Å²) in [5, 5.41) is 7.67. The molecule has 0 fully saturated rings. The molecule has 0 amide bonds. The maximum absolute atomic E-state index is 6.45. The summed E-state index contributed by atoms with van der Waals surface area (Å²) in [7, 11) is 4.94. The minimum Gasteiger partial charge on any atom is -0.497 e. The lowest BCUT2D eigenvalue weighted by Gasteiger charge is -2.38. The van der Waals surface area contributed by atoms with E-state index in [0.29, 0.717) is 16.5 Å². The summed E-state index contributed by atoms with van der Waals surface area (Å²) >= 11 is 6.33. The summed E-state index contributed by atoms with van der Waals surface area (Å²) in [5.74, 6) is 2.98. The second-order valence-electron chi connectivity index (χ2n) is 7.64. The average Bonchev–Trinajstić information content (AvgIpc) is 3.29. The quantitative estimate of drug-likeness (QED) is 0.505. The maximum Gasteiger partial charge on any atom is 0.217 e. The van der Waals surface area contributed by atoms with Gasteiger partial charge in [0.2, 0.25) is 6.23 Å². The van der Waals surface area contributed by atoms with Crippen molar-refractivity contribution in [2.45, 2.75) is 18.7 Å². The van der Waals surface area contributed by atoms with Crippen LogP contribution in [0.15, 0.2) is 65.8 Å². The van der Waals surface area contributed by atoms with Gasteiger partial charge in [0.15, 0.2) is 0 Å². The van der Waals surface area contributed by atoms with E-state index < -0.39 is 6.23 Å². The number of rotatable bonds is 5. The molecule has 0 aliphatic carbocycles. The standard InChI is InChI=1S/C25H23ClN2O4/c1-29-17-6-4-5-15(11-17)21-14-22-20-12-16(26)7-10-23(20)32-25(28(22)27-21)19-9-8-18(30-2)13-24(19)31-3/h4-13,22,25H,14H2,1-3H3/t22-,25-/m1/s1. The van der Waals surface area contributed by atoms with Gasteiger partial charge in [0.1, 0.15) is 23.0 Å². The smallest absolute Gasteiger partial charge is 0.217 e. The Morgan fingerprint density at radius 3 is 2.50 bits per heavy atom. The number of nitrogens with zero attached hydrogens (tertiary/aromatic N) is 2. The second-order valence-corrected chi connectivity index (χ2v) is 8.08. The molecule has 0 N–H and O–H groups in total. The van der Waals surface area contributed by atoms with Crippen molar-refractivity contribution in [2.75, 3.05) is 21.3 Å². The van der Waals surface area contributed by atoms with Gasteiger partial charge in [-0.1, -0.05) is 23.7 Å². The van der Waals surface area contributed by atoms with Crippen molar-refractivity contribution in [3.8, 4) is 23.0 Å². The normalized spacial score (nSPS) is 18.9. The van der Waals surface area contributed by atoms with Crippen LogP contribution >= 0.6 is 11.6 Å². The number of ether oxygens (including phenoxy) is 4. The Labute approximate surface area is 191 Å². The first kappa shape index (κ1) is 20.5. The highest BCUT2D eigenvalue weighted by atomic mass is 35.5. The molecule has 0 spiro atoms. The van der Waals surface area contributed by atoms with Crippen molar-refractivity contribution in [1.82, 2.24) is 5.01 Å². The fourth-order valence-corrected chi connectivity index (χ4v) is 4.44. The van der Waals surface area contributed by atoms with Crippen LogP contribution in [0, 0.1) is 0 Å². The largest absolute Gasteiger partial charge is 0.497 e. The van der Waals surface area contributed by atoms with Gasteiger partial charge >= 0.3 is 0 Å². The molecule has 2 aliphatic rings. The third-order valence-electron chi connectivity index (χ3n) is 5.86. The van der Waals surface area contributed by atoms with E-state index in [1.165, 1.54) is 0 Å². The molecule has 3 aromatic rings. The molecule has 5 rings (SSSR count). The van der Waals surface area contributed by atoms with Gasteiger partial charge in [0.05, 0.1) is 38.6 Å². The van der Waals surface area contributed by atoms with Gasteiger partial charge in [-0.2, -0.15) is 5.10 Å². The Morgan fingerprint density at radius 1 is 0.906 bits per heavy atom. The molecule has 6 nitrogen and oxygen atoms in total. The fraction of sp³-hybridized carbons (Fsp3) is 0.240. The van der Waals surface area contributed by atoms with Crippen LogP contribution in [0.5, 0.6) is 23.0 Å². The molecule has 2 aliphatic heterocycles. The van der Waals surface area contributed by atoms with Crippen LogP contribution in [0.3, 0.4) is 0 Å². The third-order valence-corrected chi connectivity index (χ3v) is 6.10. The zero-order valence-electron chi connectivity index (χ0n) is 18.0. The number of fused-ring (bicyclic) bond motifs is 3. The average molecular weight is 451 g/mol. The molecule has 0 unspecified atom stereocenters. The van der Waals surface area contributed by atoms with Crippen molar-refractivity contribution >= 4 is 17.3 Å². The molecule has 32 heavy (non-hydrogen) atoms. The number of hydrogen-bond acceptors (Lipinski definition) is 6. The number of hydrogen-bond donors (Lipinski definition) is 0. The minimum absolute atomic E-state index is 0.0181. The molecule has 0 bridgehead atoms. The van der Waals surface area contributed by atoms with Crippen LogP contribution < -0.4 is 18.9 Å². The maximum atomic E-state index is 6.45. The van der Waals surface area contributed by atoms with E-state index in [1.807, 2.05) is 65.7 Å². The topological polar surface area (TPSA) is 52.5 Å². The molecule has 164 valence electrons. The van der Waals surface area contributed by atoms with Gasteiger partial charge in [-0.25, -0.2) is 5.01 Å². The molecule has 0 saturated carbocycles. The first-order valence-electron chi connectivity index (χ1n) is 10.3. The highest BCUT2D eigenvalue weighted by Crippen LogP contribution is 2.49. The molecule has 2 atom stereocenters. The summed E-state index contributed by atoms with van der Waals surface area (Å²) in [5.41, 5.74) is 3.86. The van der Waals surface area contributed by atoms with Crippen LogP contribution in [0.4, 0.5) is 0 Å². The molecule has 2 heterocycles. The molecule has 0 saturated heterocycles. The molecular weight excluding hydrogens is 428 g/mol. The van der Waals surface area contributed by atoms with Crippen molar-refractivity contribution in [3.63, 3.8) is 0 Å². The summed E-state index contributed by atoms with van der Waals surface area (Å²) in [4.78, 5) is 0. The number of methoxy groups -OCH3 is 3. The first-order chi connectivity index (χ1) is 15.6. The third kappa shape index (κ3) is 3.50. The SMILES string of the molecule is COc1cccc(C2=NN3[C@H](C2)c2cc(Cl)ccc2O[C@@H]3c2ccc(OC)cc2OC)c1. The zero-order valence-corrected chi connectivity index (χ0v) is 18.8. The van der Waals surface area contributed by atoms with Gasteiger partial charge in [-0.3, -0.25) is 0 Å². The van der Waals surface area contributed by atoms with Crippen LogP contribution in [-0.2, 0) is 0 Å². The Bertz CT molecular complexity index is 1200. The van der Waals surface area contributed by atoms with Crippen LogP contribution in [0.2, 0.25) is 5.02 Å². The van der Waals surface area contributed by atoms with E-state index in [9.17, 15) is 0 Å². The predicted octanol–water partition coefficient (Wildman–Crippen LogP) is 5.61. The molecule has 0 radical (unpaired) electrons. The lowest BCUT2D eigenvalue weighted by atomic mass is 9.95. The summed E-state index contributed by atoms with van der Waals surface area (Å²) in [6.45, 7) is 0. The highest BCUT2D eigenvalue weighted by Gasteiger charge is 2.42. The van der Waals surface area contributed by atoms with Gasteiger partial charge in [-0.05, 0) is 42.5 Å². The number of benzene rings is 3. The number of halogens is 1. The van der Waals surface area contributed by atoms with Gasteiger partial charge in [0.25, 0.3) is 0 Å². The molecule has 3 aromatic carbocycles. The van der Waals surface area contributed by atoms with Crippen LogP contribution in [0.1, 0.15) is 35.4 Å². The van der Waals surface area contributed by atoms with E-state index in [1.54, 1.807) is 21.3 Å². The van der Waals surface area contributed by atoms with Crippen molar-refractivity contribution in [1.29, 1.82) is 0 Å². The van der Waals surface area contributed by atoms with Gasteiger partial charge < -0.3 is 18.9 Å². The van der Waals surface area contributed by atoms with E-state index in [-0.39, 0.29) is 6.04 Å². The zero-order chi connectivity index (χ0) is 22.2.